The fourth-order valence-corrected chi connectivity index (χ4v) is 2.87. The van der Waals surface area contributed by atoms with Gasteiger partial charge in [-0.25, -0.2) is 0 Å². The van der Waals surface area contributed by atoms with Crippen LogP contribution in [0.25, 0.3) is 22.0 Å². The van der Waals surface area contributed by atoms with E-state index in [0.29, 0.717) is 10.6 Å². The number of rotatable bonds is 2. The zero-order valence-electron chi connectivity index (χ0n) is 12.3. The van der Waals surface area contributed by atoms with E-state index in [1.165, 1.54) is 11.5 Å². The van der Waals surface area contributed by atoms with Crippen molar-refractivity contribution < 1.29 is 4.79 Å². The molecule has 3 aromatic rings. The van der Waals surface area contributed by atoms with Gasteiger partial charge in [-0.1, -0.05) is 41.9 Å². The van der Waals surface area contributed by atoms with Crippen LogP contribution in [-0.4, -0.2) is 10.4 Å². The topological polar surface area (TPSA) is 39.1 Å². The van der Waals surface area contributed by atoms with E-state index in [2.05, 4.69) is 0 Å². The molecule has 0 radical (unpaired) electrons. The lowest BCUT2D eigenvalue weighted by Crippen LogP contribution is -2.25. The molecule has 1 aromatic heterocycles. The van der Waals surface area contributed by atoms with Gasteiger partial charge >= 0.3 is 0 Å². The molecule has 0 aliphatic rings. The zero-order valence-corrected chi connectivity index (χ0v) is 13.0. The zero-order chi connectivity index (χ0) is 15.9. The van der Waals surface area contributed by atoms with Gasteiger partial charge in [-0.15, -0.1) is 0 Å². The molecule has 0 amide bonds. The lowest BCUT2D eigenvalue weighted by atomic mass is 9.94. The molecule has 0 unspecified atom stereocenters. The first-order valence-electron chi connectivity index (χ1n) is 6.89. The fourth-order valence-electron chi connectivity index (χ4n) is 2.74. The molecule has 2 aromatic carbocycles. The van der Waals surface area contributed by atoms with Crippen LogP contribution < -0.4 is 5.56 Å². The van der Waals surface area contributed by atoms with Gasteiger partial charge in [0, 0.05) is 23.0 Å². The van der Waals surface area contributed by atoms with E-state index in [0.717, 1.165) is 16.5 Å². The van der Waals surface area contributed by atoms with Gasteiger partial charge in [-0.2, -0.15) is 0 Å². The molecule has 1 heterocycles. The number of pyridine rings is 1. The number of carbonyl (C=O) groups excluding carboxylic acids is 1. The number of para-hydroxylation sites is 1. The normalized spacial score (nSPS) is 10.9. The smallest absolute Gasteiger partial charge is 0.262 e. The van der Waals surface area contributed by atoms with Crippen LogP contribution in [-0.2, 0) is 7.05 Å². The first-order chi connectivity index (χ1) is 10.5. The number of Topliss-reactive ketones (excluding diaryl/α,β-unsaturated/α-hetero) is 1. The minimum absolute atomic E-state index is 0.212. The van der Waals surface area contributed by atoms with Crippen LogP contribution in [0.1, 0.15) is 17.3 Å². The number of hydrogen-bond donors (Lipinski definition) is 0. The highest BCUT2D eigenvalue weighted by molar-refractivity contribution is 6.30. The van der Waals surface area contributed by atoms with Gasteiger partial charge in [-0.3, -0.25) is 9.59 Å². The molecule has 0 aliphatic carbocycles. The Balaban J connectivity index is 2.53. The third-order valence-electron chi connectivity index (χ3n) is 3.79. The van der Waals surface area contributed by atoms with Crippen molar-refractivity contribution in [2.24, 2.45) is 7.05 Å². The molecule has 110 valence electrons. The highest BCUT2D eigenvalue weighted by Crippen LogP contribution is 2.31. The second kappa shape index (κ2) is 5.43. The van der Waals surface area contributed by atoms with Crippen LogP contribution in [0.2, 0.25) is 5.02 Å². The van der Waals surface area contributed by atoms with Crippen LogP contribution >= 0.6 is 11.6 Å². The van der Waals surface area contributed by atoms with Gasteiger partial charge in [0.2, 0.25) is 0 Å². The number of aryl methyl sites for hydroxylation is 1. The summed E-state index contributed by atoms with van der Waals surface area (Å²) in [6, 6.07) is 14.7. The first kappa shape index (κ1) is 14.5. The Kier molecular flexibility index (Phi) is 3.59. The Labute approximate surface area is 132 Å². The van der Waals surface area contributed by atoms with Crippen LogP contribution in [0.3, 0.4) is 0 Å². The van der Waals surface area contributed by atoms with E-state index in [1.54, 1.807) is 19.2 Å². The van der Waals surface area contributed by atoms with E-state index < -0.39 is 0 Å². The average Bonchev–Trinajstić information content (AvgIpc) is 2.51. The fraction of sp³-hybridized carbons (Fsp3) is 0.111. The van der Waals surface area contributed by atoms with Gasteiger partial charge in [0.25, 0.3) is 5.56 Å². The van der Waals surface area contributed by atoms with Crippen LogP contribution in [0.5, 0.6) is 0 Å². The summed E-state index contributed by atoms with van der Waals surface area (Å²) < 4.78 is 1.52. The summed E-state index contributed by atoms with van der Waals surface area (Å²) >= 11 is 5.94. The molecular formula is C18H14ClNO2. The van der Waals surface area contributed by atoms with Gasteiger partial charge in [-0.05, 0) is 30.7 Å². The van der Waals surface area contributed by atoms with Gasteiger partial charge in [0.05, 0.1) is 11.1 Å². The highest BCUT2D eigenvalue weighted by Gasteiger charge is 2.19. The molecule has 0 bridgehead atoms. The second-order valence-corrected chi connectivity index (χ2v) is 5.63. The largest absolute Gasteiger partial charge is 0.311 e. The third kappa shape index (κ3) is 2.24. The first-order valence-corrected chi connectivity index (χ1v) is 7.27. The summed E-state index contributed by atoms with van der Waals surface area (Å²) in [5.41, 5.74) is 2.20. The monoisotopic (exact) mass is 311 g/mol. The summed E-state index contributed by atoms with van der Waals surface area (Å²) in [7, 11) is 1.68. The average molecular weight is 312 g/mol. The maximum absolute atomic E-state index is 12.6. The molecule has 22 heavy (non-hydrogen) atoms. The lowest BCUT2D eigenvalue weighted by molar-refractivity contribution is 0.101. The van der Waals surface area contributed by atoms with Crippen LogP contribution in [0.15, 0.2) is 53.3 Å². The van der Waals surface area contributed by atoms with E-state index in [4.69, 9.17) is 11.6 Å². The predicted molar refractivity (Wildman–Crippen MR) is 89.6 cm³/mol. The molecule has 0 saturated carbocycles. The van der Waals surface area contributed by atoms with E-state index >= 15 is 0 Å². The molecule has 0 saturated heterocycles. The van der Waals surface area contributed by atoms with E-state index in [-0.39, 0.29) is 16.9 Å². The quantitative estimate of drug-likeness (QED) is 0.669. The maximum Gasteiger partial charge on any atom is 0.262 e. The number of halogens is 1. The Morgan fingerprint density at radius 3 is 2.32 bits per heavy atom. The molecule has 0 N–H and O–H groups in total. The van der Waals surface area contributed by atoms with Crippen molar-refractivity contribution in [2.45, 2.75) is 6.92 Å². The minimum atomic E-state index is -0.281. The number of ketones is 1. The molecule has 0 aliphatic heterocycles. The minimum Gasteiger partial charge on any atom is -0.311 e. The summed E-state index contributed by atoms with van der Waals surface area (Å²) in [6.07, 6.45) is 0. The number of aromatic nitrogens is 1. The Morgan fingerprint density at radius 1 is 1.05 bits per heavy atom. The lowest BCUT2D eigenvalue weighted by Gasteiger charge is -2.14. The highest BCUT2D eigenvalue weighted by atomic mass is 35.5. The number of hydrogen-bond acceptors (Lipinski definition) is 2. The number of carbonyl (C=O) groups is 1. The molecule has 0 atom stereocenters. The molecule has 3 nitrogen and oxygen atoms in total. The maximum atomic E-state index is 12.6. The molecular weight excluding hydrogens is 298 g/mol. The molecule has 0 spiro atoms. The van der Waals surface area contributed by atoms with Crippen molar-refractivity contribution in [3.63, 3.8) is 0 Å². The van der Waals surface area contributed by atoms with Crippen molar-refractivity contribution in [2.75, 3.05) is 0 Å². The van der Waals surface area contributed by atoms with Crippen molar-refractivity contribution >= 4 is 28.3 Å². The molecule has 4 heteroatoms. The number of benzene rings is 2. The summed E-state index contributed by atoms with van der Waals surface area (Å²) in [4.78, 5) is 24.7. The molecule has 3 rings (SSSR count). The van der Waals surface area contributed by atoms with Crippen molar-refractivity contribution in [1.29, 1.82) is 0 Å². The van der Waals surface area contributed by atoms with E-state index in [9.17, 15) is 9.59 Å². The summed E-state index contributed by atoms with van der Waals surface area (Å²) in [6.45, 7) is 1.42. The molecule has 0 fully saturated rings. The Bertz CT molecular complexity index is 940. The third-order valence-corrected chi connectivity index (χ3v) is 4.04. The van der Waals surface area contributed by atoms with Gasteiger partial charge in [0.15, 0.2) is 5.78 Å². The standard InChI is InChI=1S/C18H14ClNO2/c1-11(21)16-17(12-7-9-13(19)10-8-12)14-5-3-4-6-15(14)20(2)18(16)22/h3-10H,1-2H3. The Hall–Kier alpha value is -2.39. The number of fused-ring (bicyclic) bond motifs is 1. The van der Waals surface area contributed by atoms with Crippen LogP contribution in [0, 0.1) is 0 Å². The number of nitrogens with zero attached hydrogens (tertiary/aromatic N) is 1. The SMILES string of the molecule is CC(=O)c1c(-c2ccc(Cl)cc2)c2ccccc2n(C)c1=O. The van der Waals surface area contributed by atoms with Gasteiger partial charge < -0.3 is 4.57 Å². The Morgan fingerprint density at radius 2 is 1.68 bits per heavy atom. The van der Waals surface area contributed by atoms with Crippen molar-refractivity contribution in [3.8, 4) is 11.1 Å². The second-order valence-electron chi connectivity index (χ2n) is 5.19. The predicted octanol–water partition coefficient (Wildman–Crippen LogP) is 4.06. The van der Waals surface area contributed by atoms with Crippen LogP contribution in [0.4, 0.5) is 0 Å². The van der Waals surface area contributed by atoms with Crippen molar-refractivity contribution in [1.82, 2.24) is 4.57 Å². The summed E-state index contributed by atoms with van der Waals surface area (Å²) in [5, 5.41) is 1.48. The summed E-state index contributed by atoms with van der Waals surface area (Å²) in [5.74, 6) is -0.240. The van der Waals surface area contributed by atoms with Crippen molar-refractivity contribution in [3.05, 3.63) is 69.5 Å². The van der Waals surface area contributed by atoms with Gasteiger partial charge in [0.1, 0.15) is 0 Å². The van der Waals surface area contributed by atoms with E-state index in [1.807, 2.05) is 36.4 Å².